The summed E-state index contributed by atoms with van der Waals surface area (Å²) in [7, 11) is 0. The Balaban J connectivity index is 1.49. The summed E-state index contributed by atoms with van der Waals surface area (Å²) >= 11 is 6.02. The van der Waals surface area contributed by atoms with Gasteiger partial charge in [-0.25, -0.2) is 0 Å². The first-order valence-corrected chi connectivity index (χ1v) is 8.74. The van der Waals surface area contributed by atoms with E-state index < -0.39 is 0 Å². The third-order valence-electron chi connectivity index (χ3n) is 4.05. The molecule has 3 rings (SSSR count). The zero-order valence-electron chi connectivity index (χ0n) is 13.7. The molecule has 3 aromatic rings. The highest BCUT2D eigenvalue weighted by Gasteiger charge is 1.99. The summed E-state index contributed by atoms with van der Waals surface area (Å²) in [6.07, 6.45) is 1.97. The molecule has 24 heavy (non-hydrogen) atoms. The van der Waals surface area contributed by atoms with Gasteiger partial charge >= 0.3 is 0 Å². The van der Waals surface area contributed by atoms with Crippen LogP contribution in [0.2, 0.25) is 5.02 Å². The Morgan fingerprint density at radius 3 is 2.21 bits per heavy atom. The van der Waals surface area contributed by atoms with E-state index in [0.29, 0.717) is 0 Å². The molecule has 1 nitrogen and oxygen atoms in total. The van der Waals surface area contributed by atoms with Gasteiger partial charge in [0.25, 0.3) is 0 Å². The van der Waals surface area contributed by atoms with E-state index in [1.165, 1.54) is 22.3 Å². The predicted molar refractivity (Wildman–Crippen MR) is 103 cm³/mol. The van der Waals surface area contributed by atoms with Crippen molar-refractivity contribution in [2.75, 3.05) is 6.54 Å². The lowest BCUT2D eigenvalue weighted by Gasteiger charge is -2.08. The summed E-state index contributed by atoms with van der Waals surface area (Å²) in [6, 6.07) is 27.5. The molecule has 2 heteroatoms. The van der Waals surface area contributed by atoms with E-state index in [2.05, 4.69) is 66.0 Å². The van der Waals surface area contributed by atoms with Crippen molar-refractivity contribution in [2.24, 2.45) is 0 Å². The maximum Gasteiger partial charge on any atom is 0.0408 e. The van der Waals surface area contributed by atoms with Crippen LogP contribution in [-0.2, 0) is 19.4 Å². The Hall–Kier alpha value is -2.09. The smallest absolute Gasteiger partial charge is 0.0408 e. The van der Waals surface area contributed by atoms with Gasteiger partial charge in [-0.2, -0.15) is 0 Å². The minimum absolute atomic E-state index is 0.807. The standard InChI is InChI=1S/C22H22ClN/c23-22-11-5-8-19(16-22)12-13-24-17-21-10-4-9-20(15-21)14-18-6-2-1-3-7-18/h1-11,15-16,24H,12-14,17H2. The molecule has 122 valence electrons. The predicted octanol–water partition coefficient (Wildman–Crippen LogP) is 5.26. The van der Waals surface area contributed by atoms with Crippen molar-refractivity contribution in [3.8, 4) is 0 Å². The molecule has 1 N–H and O–H groups in total. The van der Waals surface area contributed by atoms with E-state index in [9.17, 15) is 0 Å². The van der Waals surface area contributed by atoms with Gasteiger partial charge < -0.3 is 5.32 Å². The second-order valence-electron chi connectivity index (χ2n) is 6.04. The van der Waals surface area contributed by atoms with Gasteiger partial charge in [-0.3, -0.25) is 0 Å². The van der Waals surface area contributed by atoms with E-state index in [1.807, 2.05) is 18.2 Å². The molecule has 0 amide bonds. The van der Waals surface area contributed by atoms with E-state index in [1.54, 1.807) is 0 Å². The molecule has 0 radical (unpaired) electrons. The van der Waals surface area contributed by atoms with Crippen LogP contribution in [0.1, 0.15) is 22.3 Å². The first kappa shape index (κ1) is 16.8. The van der Waals surface area contributed by atoms with Crippen LogP contribution in [0.15, 0.2) is 78.9 Å². The highest BCUT2D eigenvalue weighted by molar-refractivity contribution is 6.30. The second-order valence-corrected chi connectivity index (χ2v) is 6.48. The minimum Gasteiger partial charge on any atom is -0.312 e. The van der Waals surface area contributed by atoms with Crippen LogP contribution in [0.3, 0.4) is 0 Å². The molecule has 3 aromatic carbocycles. The lowest BCUT2D eigenvalue weighted by atomic mass is 10.0. The highest BCUT2D eigenvalue weighted by atomic mass is 35.5. The molecule has 0 saturated heterocycles. The van der Waals surface area contributed by atoms with Gasteiger partial charge in [-0.05, 0) is 53.8 Å². The summed E-state index contributed by atoms with van der Waals surface area (Å²) < 4.78 is 0. The van der Waals surface area contributed by atoms with Crippen LogP contribution in [0, 0.1) is 0 Å². The third kappa shape index (κ3) is 5.23. The number of halogens is 1. The summed E-state index contributed by atoms with van der Waals surface area (Å²) in [5.41, 5.74) is 5.31. The Morgan fingerprint density at radius 2 is 1.38 bits per heavy atom. The lowest BCUT2D eigenvalue weighted by molar-refractivity contribution is 0.686. The molecule has 0 fully saturated rings. The summed E-state index contributed by atoms with van der Waals surface area (Å²) in [6.45, 7) is 1.84. The van der Waals surface area contributed by atoms with Crippen molar-refractivity contribution >= 4 is 11.6 Å². The second kappa shape index (κ2) is 8.68. The zero-order chi connectivity index (χ0) is 16.6. The number of benzene rings is 3. The molecule has 0 heterocycles. The first-order valence-electron chi connectivity index (χ1n) is 8.36. The topological polar surface area (TPSA) is 12.0 Å². The quantitative estimate of drug-likeness (QED) is 0.580. The summed E-state index contributed by atoms with van der Waals surface area (Å²) in [5, 5.41) is 4.32. The minimum atomic E-state index is 0.807. The van der Waals surface area contributed by atoms with Crippen LogP contribution in [-0.4, -0.2) is 6.54 Å². The van der Waals surface area contributed by atoms with E-state index in [0.717, 1.165) is 31.0 Å². The Bertz CT molecular complexity index is 768. The van der Waals surface area contributed by atoms with Crippen molar-refractivity contribution in [3.05, 3.63) is 106 Å². The van der Waals surface area contributed by atoms with Gasteiger partial charge in [-0.1, -0.05) is 78.3 Å². The summed E-state index contributed by atoms with van der Waals surface area (Å²) in [5.74, 6) is 0. The van der Waals surface area contributed by atoms with Crippen molar-refractivity contribution in [1.29, 1.82) is 0 Å². The van der Waals surface area contributed by atoms with Gasteiger partial charge in [-0.15, -0.1) is 0 Å². The van der Waals surface area contributed by atoms with Crippen LogP contribution in [0.4, 0.5) is 0 Å². The molecular formula is C22H22ClN. The van der Waals surface area contributed by atoms with Gasteiger partial charge in [0, 0.05) is 11.6 Å². The number of hydrogen-bond acceptors (Lipinski definition) is 1. The fraction of sp³-hybridized carbons (Fsp3) is 0.182. The number of nitrogens with one attached hydrogen (secondary N) is 1. The van der Waals surface area contributed by atoms with Gasteiger partial charge in [0.2, 0.25) is 0 Å². The van der Waals surface area contributed by atoms with E-state index >= 15 is 0 Å². The lowest BCUT2D eigenvalue weighted by Crippen LogP contribution is -2.16. The van der Waals surface area contributed by atoms with Crippen molar-refractivity contribution in [2.45, 2.75) is 19.4 Å². The molecule has 0 aliphatic heterocycles. The number of hydrogen-bond donors (Lipinski definition) is 1. The van der Waals surface area contributed by atoms with E-state index in [-0.39, 0.29) is 0 Å². The number of rotatable bonds is 7. The van der Waals surface area contributed by atoms with Crippen molar-refractivity contribution < 1.29 is 0 Å². The molecule has 0 saturated carbocycles. The molecule has 0 aromatic heterocycles. The Labute approximate surface area is 149 Å². The molecule has 0 aliphatic carbocycles. The van der Waals surface area contributed by atoms with Crippen LogP contribution >= 0.6 is 11.6 Å². The maximum absolute atomic E-state index is 6.02. The highest BCUT2D eigenvalue weighted by Crippen LogP contribution is 2.12. The molecule has 0 spiro atoms. The zero-order valence-corrected chi connectivity index (χ0v) is 14.5. The maximum atomic E-state index is 6.02. The van der Waals surface area contributed by atoms with Crippen molar-refractivity contribution in [1.82, 2.24) is 5.32 Å². The normalized spacial score (nSPS) is 10.7. The van der Waals surface area contributed by atoms with Gasteiger partial charge in [0.05, 0.1) is 0 Å². The molecular weight excluding hydrogens is 314 g/mol. The average Bonchev–Trinajstić information content (AvgIpc) is 2.60. The molecule has 0 atom stereocenters. The molecule has 0 aliphatic rings. The average molecular weight is 336 g/mol. The van der Waals surface area contributed by atoms with Crippen LogP contribution < -0.4 is 5.32 Å². The summed E-state index contributed by atoms with van der Waals surface area (Å²) in [4.78, 5) is 0. The molecule has 0 unspecified atom stereocenters. The van der Waals surface area contributed by atoms with Crippen molar-refractivity contribution in [3.63, 3.8) is 0 Å². The first-order chi connectivity index (χ1) is 11.8. The Kier molecular flexibility index (Phi) is 6.06. The Morgan fingerprint density at radius 1 is 0.667 bits per heavy atom. The van der Waals surface area contributed by atoms with E-state index in [4.69, 9.17) is 11.6 Å². The third-order valence-corrected chi connectivity index (χ3v) is 4.29. The largest absolute Gasteiger partial charge is 0.312 e. The molecule has 0 bridgehead atoms. The fourth-order valence-electron chi connectivity index (χ4n) is 2.84. The fourth-order valence-corrected chi connectivity index (χ4v) is 3.05. The van der Waals surface area contributed by atoms with Gasteiger partial charge in [0.1, 0.15) is 0 Å². The van der Waals surface area contributed by atoms with Gasteiger partial charge in [0.15, 0.2) is 0 Å². The van der Waals surface area contributed by atoms with Crippen LogP contribution in [0.5, 0.6) is 0 Å². The SMILES string of the molecule is Clc1cccc(CCNCc2cccc(Cc3ccccc3)c2)c1. The monoisotopic (exact) mass is 335 g/mol. The van der Waals surface area contributed by atoms with Crippen LogP contribution in [0.25, 0.3) is 0 Å².